The van der Waals surface area contributed by atoms with Crippen LogP contribution in [0.3, 0.4) is 0 Å². The molecule has 1 amide bonds. The summed E-state index contributed by atoms with van der Waals surface area (Å²) in [5.41, 5.74) is 4.55. The van der Waals surface area contributed by atoms with Gasteiger partial charge in [0.15, 0.2) is 0 Å². The minimum Gasteiger partial charge on any atom is -0.326 e. The molecule has 0 bridgehead atoms. The maximum absolute atomic E-state index is 11.4. The Morgan fingerprint density at radius 1 is 1.04 bits per heavy atom. The van der Waals surface area contributed by atoms with Gasteiger partial charge in [-0.15, -0.1) is 0 Å². The van der Waals surface area contributed by atoms with Crippen LogP contribution in [0.1, 0.15) is 5.56 Å². The second-order valence-electron chi connectivity index (χ2n) is 5.53. The number of amides is 1. The SMILES string of the molecule is O=C1Cc2ccc(-c3cnc(Nc4cccc(Cl)c4)nc3)cc2N1. The van der Waals surface area contributed by atoms with Gasteiger partial charge in [0.05, 0.1) is 6.42 Å². The Hall–Kier alpha value is -2.92. The number of fused-ring (bicyclic) bond motifs is 1. The highest BCUT2D eigenvalue weighted by Gasteiger charge is 2.17. The highest BCUT2D eigenvalue weighted by atomic mass is 35.5. The Bertz CT molecular complexity index is 925. The molecule has 1 aliphatic heterocycles. The lowest BCUT2D eigenvalue weighted by Crippen LogP contribution is -2.03. The smallest absolute Gasteiger partial charge is 0.228 e. The molecule has 0 radical (unpaired) electrons. The summed E-state index contributed by atoms with van der Waals surface area (Å²) in [6.07, 6.45) is 3.94. The Morgan fingerprint density at radius 3 is 2.67 bits per heavy atom. The number of hydrogen-bond acceptors (Lipinski definition) is 4. The van der Waals surface area contributed by atoms with E-state index >= 15 is 0 Å². The van der Waals surface area contributed by atoms with Crippen LogP contribution in [-0.2, 0) is 11.2 Å². The molecule has 2 N–H and O–H groups in total. The fourth-order valence-corrected chi connectivity index (χ4v) is 2.82. The molecule has 24 heavy (non-hydrogen) atoms. The topological polar surface area (TPSA) is 66.9 Å². The third kappa shape index (κ3) is 2.94. The van der Waals surface area contributed by atoms with E-state index in [-0.39, 0.29) is 5.91 Å². The molecule has 0 saturated heterocycles. The van der Waals surface area contributed by atoms with E-state index in [9.17, 15) is 4.79 Å². The number of nitrogens with one attached hydrogen (secondary N) is 2. The minimum absolute atomic E-state index is 0.0273. The molecule has 0 unspecified atom stereocenters. The van der Waals surface area contributed by atoms with E-state index in [0.717, 1.165) is 28.1 Å². The summed E-state index contributed by atoms with van der Waals surface area (Å²) in [4.78, 5) is 20.1. The first-order valence-electron chi connectivity index (χ1n) is 7.45. The van der Waals surface area contributed by atoms with E-state index in [2.05, 4.69) is 20.6 Å². The molecule has 0 spiro atoms. The molecule has 0 saturated carbocycles. The average molecular weight is 337 g/mol. The Balaban J connectivity index is 1.56. The lowest BCUT2D eigenvalue weighted by molar-refractivity contribution is -0.115. The van der Waals surface area contributed by atoms with Gasteiger partial charge in [-0.3, -0.25) is 4.79 Å². The van der Waals surface area contributed by atoms with Gasteiger partial charge in [-0.1, -0.05) is 29.8 Å². The van der Waals surface area contributed by atoms with Crippen LogP contribution in [0.2, 0.25) is 5.02 Å². The van der Waals surface area contributed by atoms with Crippen LogP contribution < -0.4 is 10.6 Å². The van der Waals surface area contributed by atoms with Crippen LogP contribution in [0.5, 0.6) is 0 Å². The number of rotatable bonds is 3. The molecule has 2 aromatic carbocycles. The molecule has 0 fully saturated rings. The fourth-order valence-electron chi connectivity index (χ4n) is 2.63. The second kappa shape index (κ2) is 5.94. The van der Waals surface area contributed by atoms with Crippen molar-refractivity contribution < 1.29 is 4.79 Å². The lowest BCUT2D eigenvalue weighted by Gasteiger charge is -2.07. The van der Waals surface area contributed by atoms with Crippen molar-refractivity contribution in [3.05, 3.63) is 65.4 Å². The van der Waals surface area contributed by atoms with Crippen molar-refractivity contribution >= 4 is 34.8 Å². The zero-order chi connectivity index (χ0) is 16.5. The van der Waals surface area contributed by atoms with Gasteiger partial charge in [-0.05, 0) is 35.4 Å². The number of benzene rings is 2. The predicted molar refractivity (Wildman–Crippen MR) is 94.5 cm³/mol. The zero-order valence-electron chi connectivity index (χ0n) is 12.6. The van der Waals surface area contributed by atoms with Crippen molar-refractivity contribution in [1.29, 1.82) is 0 Å². The van der Waals surface area contributed by atoms with E-state index in [4.69, 9.17) is 11.6 Å². The van der Waals surface area contributed by atoms with E-state index in [0.29, 0.717) is 17.4 Å². The van der Waals surface area contributed by atoms with Crippen molar-refractivity contribution in [2.45, 2.75) is 6.42 Å². The summed E-state index contributed by atoms with van der Waals surface area (Å²) >= 11 is 5.96. The molecule has 118 valence electrons. The van der Waals surface area contributed by atoms with Gasteiger partial charge in [0.1, 0.15) is 0 Å². The van der Waals surface area contributed by atoms with Crippen molar-refractivity contribution in [2.75, 3.05) is 10.6 Å². The molecule has 0 atom stereocenters. The summed E-state index contributed by atoms with van der Waals surface area (Å²) in [7, 11) is 0. The summed E-state index contributed by atoms with van der Waals surface area (Å²) in [5, 5.41) is 6.61. The lowest BCUT2D eigenvalue weighted by atomic mass is 10.1. The third-order valence-corrected chi connectivity index (χ3v) is 4.04. The number of nitrogens with zero attached hydrogens (tertiary/aromatic N) is 2. The van der Waals surface area contributed by atoms with Gasteiger partial charge in [-0.25, -0.2) is 9.97 Å². The summed E-state index contributed by atoms with van der Waals surface area (Å²) < 4.78 is 0. The number of halogens is 1. The highest BCUT2D eigenvalue weighted by Crippen LogP contribution is 2.29. The molecule has 0 aliphatic carbocycles. The number of carbonyl (C=O) groups excluding carboxylic acids is 1. The summed E-state index contributed by atoms with van der Waals surface area (Å²) in [6, 6.07) is 13.3. The van der Waals surface area contributed by atoms with Crippen LogP contribution in [0.15, 0.2) is 54.9 Å². The Labute approximate surface area is 143 Å². The second-order valence-corrected chi connectivity index (χ2v) is 5.96. The third-order valence-electron chi connectivity index (χ3n) is 3.80. The van der Waals surface area contributed by atoms with Crippen molar-refractivity contribution in [3.8, 4) is 11.1 Å². The largest absolute Gasteiger partial charge is 0.326 e. The molecular formula is C18H13ClN4O. The first-order chi connectivity index (χ1) is 11.7. The first kappa shape index (κ1) is 14.7. The van der Waals surface area contributed by atoms with Crippen LogP contribution in [-0.4, -0.2) is 15.9 Å². The molecular weight excluding hydrogens is 324 g/mol. The summed E-state index contributed by atoms with van der Waals surface area (Å²) in [5.74, 6) is 0.523. The molecule has 1 aromatic heterocycles. The normalized spacial score (nSPS) is 12.6. The number of hydrogen-bond donors (Lipinski definition) is 2. The monoisotopic (exact) mass is 336 g/mol. The molecule has 4 rings (SSSR count). The summed E-state index contributed by atoms with van der Waals surface area (Å²) in [6.45, 7) is 0. The quantitative estimate of drug-likeness (QED) is 0.757. The van der Waals surface area contributed by atoms with E-state index in [1.54, 1.807) is 12.4 Å². The molecule has 6 heteroatoms. The standard InChI is InChI=1S/C18H13ClN4O/c19-14-2-1-3-15(8-14)22-18-20-9-13(10-21-18)11-4-5-12-7-17(24)23-16(12)6-11/h1-6,8-10H,7H2,(H,23,24)(H,20,21,22). The zero-order valence-corrected chi connectivity index (χ0v) is 13.3. The highest BCUT2D eigenvalue weighted by molar-refractivity contribution is 6.30. The Kier molecular flexibility index (Phi) is 3.63. The van der Waals surface area contributed by atoms with Crippen molar-refractivity contribution in [3.63, 3.8) is 0 Å². The van der Waals surface area contributed by atoms with Gasteiger partial charge >= 0.3 is 0 Å². The van der Waals surface area contributed by atoms with E-state index < -0.39 is 0 Å². The van der Waals surface area contributed by atoms with Gasteiger partial charge in [0, 0.05) is 34.4 Å². The molecule has 2 heterocycles. The van der Waals surface area contributed by atoms with Gasteiger partial charge in [0.2, 0.25) is 11.9 Å². The first-order valence-corrected chi connectivity index (χ1v) is 7.83. The van der Waals surface area contributed by atoms with Crippen LogP contribution in [0.4, 0.5) is 17.3 Å². The number of aromatic nitrogens is 2. The van der Waals surface area contributed by atoms with Crippen LogP contribution >= 0.6 is 11.6 Å². The maximum Gasteiger partial charge on any atom is 0.228 e. The number of anilines is 3. The molecule has 5 nitrogen and oxygen atoms in total. The fraction of sp³-hybridized carbons (Fsp3) is 0.0556. The molecule has 1 aliphatic rings. The number of carbonyl (C=O) groups is 1. The van der Waals surface area contributed by atoms with E-state index in [1.165, 1.54) is 0 Å². The molecule has 3 aromatic rings. The van der Waals surface area contributed by atoms with E-state index in [1.807, 2.05) is 42.5 Å². The predicted octanol–water partition coefficient (Wildman–Crippen LogP) is 4.04. The van der Waals surface area contributed by atoms with Crippen LogP contribution in [0.25, 0.3) is 11.1 Å². The average Bonchev–Trinajstić information content (AvgIpc) is 2.95. The van der Waals surface area contributed by atoms with Crippen LogP contribution in [0, 0.1) is 0 Å². The van der Waals surface area contributed by atoms with Crippen molar-refractivity contribution in [2.24, 2.45) is 0 Å². The van der Waals surface area contributed by atoms with Gasteiger partial charge in [0.25, 0.3) is 0 Å². The minimum atomic E-state index is 0.0273. The van der Waals surface area contributed by atoms with Gasteiger partial charge in [-0.2, -0.15) is 0 Å². The maximum atomic E-state index is 11.4. The van der Waals surface area contributed by atoms with Gasteiger partial charge < -0.3 is 10.6 Å². The van der Waals surface area contributed by atoms with Crippen molar-refractivity contribution in [1.82, 2.24) is 9.97 Å². The Morgan fingerprint density at radius 2 is 1.88 bits per heavy atom.